The first kappa shape index (κ1) is 20.1. The normalized spacial score (nSPS) is 15.6. The van der Waals surface area contributed by atoms with Gasteiger partial charge in [-0.15, -0.1) is 0 Å². The van der Waals surface area contributed by atoms with Gasteiger partial charge in [0.05, 0.1) is 37.2 Å². The summed E-state index contributed by atoms with van der Waals surface area (Å²) in [6, 6.07) is 7.85. The Labute approximate surface area is 181 Å². The summed E-state index contributed by atoms with van der Waals surface area (Å²) in [5.74, 6) is 1.17. The molecule has 1 fully saturated rings. The standard InChI is InChI=1S/C24H30N6O/c1-16(2)15-30-22-20(21-23(30)27-19-10-6-5-9-18(19)26-21)24(31)29(17(3)25-22)14-13-28-11-7-4-8-12-28/h5-6,9-10,16H,4,7-8,11-15H2,1-3H3/p+1. The van der Waals surface area contributed by atoms with Gasteiger partial charge < -0.3 is 9.47 Å². The lowest BCUT2D eigenvalue weighted by molar-refractivity contribution is -0.905. The first-order chi connectivity index (χ1) is 15.0. The van der Waals surface area contributed by atoms with Crippen LogP contribution in [-0.2, 0) is 13.1 Å². The van der Waals surface area contributed by atoms with E-state index < -0.39 is 0 Å². The van der Waals surface area contributed by atoms with Crippen LogP contribution >= 0.6 is 0 Å². The fraction of sp³-hybridized carbons (Fsp3) is 0.500. The Bertz CT molecular complexity index is 1310. The van der Waals surface area contributed by atoms with E-state index in [-0.39, 0.29) is 5.56 Å². The third-order valence-electron chi connectivity index (χ3n) is 6.44. The van der Waals surface area contributed by atoms with Crippen LogP contribution < -0.4 is 10.5 Å². The molecule has 5 rings (SSSR count). The van der Waals surface area contributed by atoms with Crippen LogP contribution in [0.2, 0.25) is 0 Å². The lowest BCUT2D eigenvalue weighted by Crippen LogP contribution is -3.13. The molecule has 0 bridgehead atoms. The Morgan fingerprint density at radius 2 is 1.68 bits per heavy atom. The van der Waals surface area contributed by atoms with E-state index in [1.807, 2.05) is 35.8 Å². The summed E-state index contributed by atoms with van der Waals surface area (Å²) in [6.45, 7) is 11.1. The van der Waals surface area contributed by atoms with Gasteiger partial charge in [-0.1, -0.05) is 26.0 Å². The summed E-state index contributed by atoms with van der Waals surface area (Å²) in [7, 11) is 0. The van der Waals surface area contributed by atoms with Gasteiger partial charge in [-0.05, 0) is 44.2 Å². The molecule has 162 valence electrons. The number of para-hydroxylation sites is 2. The quantitative estimate of drug-likeness (QED) is 0.539. The van der Waals surface area contributed by atoms with Crippen LogP contribution in [0.25, 0.3) is 33.2 Å². The molecular formula is C24H31N6O+. The van der Waals surface area contributed by atoms with Crippen LogP contribution in [0, 0.1) is 12.8 Å². The van der Waals surface area contributed by atoms with E-state index in [0.29, 0.717) is 29.0 Å². The highest BCUT2D eigenvalue weighted by Crippen LogP contribution is 2.26. The molecule has 4 aromatic rings. The van der Waals surface area contributed by atoms with Gasteiger partial charge >= 0.3 is 0 Å². The molecular weight excluding hydrogens is 388 g/mol. The zero-order chi connectivity index (χ0) is 21.5. The first-order valence-electron chi connectivity index (χ1n) is 11.5. The number of hydrogen-bond acceptors (Lipinski definition) is 4. The van der Waals surface area contributed by atoms with Crippen molar-refractivity contribution in [1.29, 1.82) is 0 Å². The van der Waals surface area contributed by atoms with Crippen molar-refractivity contribution in [2.45, 2.75) is 53.1 Å². The van der Waals surface area contributed by atoms with Crippen molar-refractivity contribution < 1.29 is 4.90 Å². The van der Waals surface area contributed by atoms with Gasteiger partial charge in [0.25, 0.3) is 5.56 Å². The number of quaternary nitrogens is 1. The topological polar surface area (TPSA) is 70.0 Å². The molecule has 0 saturated carbocycles. The maximum Gasteiger partial charge on any atom is 0.265 e. The monoisotopic (exact) mass is 419 g/mol. The van der Waals surface area contributed by atoms with E-state index in [1.54, 1.807) is 4.90 Å². The Morgan fingerprint density at radius 3 is 2.39 bits per heavy atom. The second-order valence-electron chi connectivity index (χ2n) is 9.26. The first-order valence-corrected chi connectivity index (χ1v) is 11.5. The molecule has 1 aliphatic rings. The van der Waals surface area contributed by atoms with E-state index in [0.717, 1.165) is 35.6 Å². The van der Waals surface area contributed by atoms with Gasteiger partial charge in [-0.3, -0.25) is 9.36 Å². The van der Waals surface area contributed by atoms with Gasteiger partial charge in [-0.25, -0.2) is 15.0 Å². The molecule has 1 saturated heterocycles. The van der Waals surface area contributed by atoms with Crippen LogP contribution in [0.5, 0.6) is 0 Å². The number of fused-ring (bicyclic) bond motifs is 4. The predicted octanol–water partition coefficient (Wildman–Crippen LogP) is 2.33. The van der Waals surface area contributed by atoms with E-state index in [1.165, 1.54) is 32.4 Å². The maximum atomic E-state index is 13.7. The van der Waals surface area contributed by atoms with Crippen molar-refractivity contribution >= 4 is 33.2 Å². The summed E-state index contributed by atoms with van der Waals surface area (Å²) in [5.41, 5.74) is 3.80. The average Bonchev–Trinajstić information content (AvgIpc) is 3.04. The minimum Gasteiger partial charge on any atom is -0.333 e. The summed E-state index contributed by atoms with van der Waals surface area (Å²) >= 11 is 0. The fourth-order valence-electron chi connectivity index (χ4n) is 4.87. The average molecular weight is 420 g/mol. The molecule has 1 N–H and O–H groups in total. The number of rotatable bonds is 5. The molecule has 7 nitrogen and oxygen atoms in total. The van der Waals surface area contributed by atoms with Gasteiger partial charge in [-0.2, -0.15) is 0 Å². The molecule has 7 heteroatoms. The molecule has 0 unspecified atom stereocenters. The lowest BCUT2D eigenvalue weighted by Gasteiger charge is -2.24. The molecule has 0 spiro atoms. The van der Waals surface area contributed by atoms with Crippen LogP contribution in [-0.4, -0.2) is 43.7 Å². The van der Waals surface area contributed by atoms with Gasteiger partial charge in [0.1, 0.15) is 16.7 Å². The Hall–Kier alpha value is -2.80. The number of nitrogens with one attached hydrogen (secondary N) is 1. The molecule has 0 radical (unpaired) electrons. The van der Waals surface area contributed by atoms with E-state index in [9.17, 15) is 4.79 Å². The summed E-state index contributed by atoms with van der Waals surface area (Å²) in [5, 5.41) is 0.605. The molecule has 31 heavy (non-hydrogen) atoms. The number of nitrogens with zero attached hydrogens (tertiary/aromatic N) is 5. The summed E-state index contributed by atoms with van der Waals surface area (Å²) in [6.07, 6.45) is 3.90. The minimum atomic E-state index is 0.0102. The molecule has 4 heterocycles. The van der Waals surface area contributed by atoms with Crippen molar-refractivity contribution in [1.82, 2.24) is 24.1 Å². The molecule has 1 aliphatic heterocycles. The Balaban J connectivity index is 1.70. The molecule has 1 aromatic carbocycles. The minimum absolute atomic E-state index is 0.0102. The number of benzene rings is 1. The van der Waals surface area contributed by atoms with Gasteiger partial charge in [0.15, 0.2) is 11.3 Å². The van der Waals surface area contributed by atoms with Crippen molar-refractivity contribution in [3.8, 4) is 0 Å². The SMILES string of the molecule is Cc1nc2c(c(=O)n1CC[NH+]1CCCCC1)c1nc3ccccc3nc1n2CC(C)C. The molecule has 0 atom stereocenters. The van der Waals surface area contributed by atoms with Crippen molar-refractivity contribution in [2.24, 2.45) is 5.92 Å². The maximum absolute atomic E-state index is 13.7. The Kier molecular flexibility index (Phi) is 5.22. The van der Waals surface area contributed by atoms with E-state index in [2.05, 4.69) is 18.4 Å². The molecule has 0 amide bonds. The number of likely N-dealkylation sites (tertiary alicyclic amines) is 1. The van der Waals surface area contributed by atoms with Crippen LogP contribution in [0.3, 0.4) is 0 Å². The highest BCUT2D eigenvalue weighted by atomic mass is 16.1. The lowest BCUT2D eigenvalue weighted by atomic mass is 10.1. The number of hydrogen-bond donors (Lipinski definition) is 1. The van der Waals surface area contributed by atoms with E-state index in [4.69, 9.17) is 15.0 Å². The number of aromatic nitrogens is 5. The van der Waals surface area contributed by atoms with Crippen LogP contribution in [0.4, 0.5) is 0 Å². The second-order valence-corrected chi connectivity index (χ2v) is 9.26. The largest absolute Gasteiger partial charge is 0.333 e. The zero-order valence-electron chi connectivity index (χ0n) is 18.7. The molecule has 3 aromatic heterocycles. The number of piperidine rings is 1. The van der Waals surface area contributed by atoms with Crippen molar-refractivity contribution in [2.75, 3.05) is 19.6 Å². The third-order valence-corrected chi connectivity index (χ3v) is 6.44. The number of aryl methyl sites for hydroxylation is 1. The van der Waals surface area contributed by atoms with Gasteiger partial charge in [0.2, 0.25) is 0 Å². The second kappa shape index (κ2) is 8.04. The van der Waals surface area contributed by atoms with Crippen molar-refractivity contribution in [3.05, 3.63) is 40.4 Å². The van der Waals surface area contributed by atoms with E-state index >= 15 is 0 Å². The summed E-state index contributed by atoms with van der Waals surface area (Å²) in [4.78, 5) is 30.0. The van der Waals surface area contributed by atoms with Crippen LogP contribution in [0.1, 0.15) is 38.9 Å². The predicted molar refractivity (Wildman–Crippen MR) is 124 cm³/mol. The highest BCUT2D eigenvalue weighted by Gasteiger charge is 2.22. The molecule has 0 aliphatic carbocycles. The van der Waals surface area contributed by atoms with Crippen LogP contribution in [0.15, 0.2) is 29.1 Å². The van der Waals surface area contributed by atoms with Gasteiger partial charge in [0, 0.05) is 6.54 Å². The smallest absolute Gasteiger partial charge is 0.265 e. The Morgan fingerprint density at radius 1 is 0.968 bits per heavy atom. The fourth-order valence-corrected chi connectivity index (χ4v) is 4.87. The highest BCUT2D eigenvalue weighted by molar-refractivity contribution is 6.04. The zero-order valence-corrected chi connectivity index (χ0v) is 18.7. The third kappa shape index (κ3) is 3.61. The van der Waals surface area contributed by atoms with Crippen molar-refractivity contribution in [3.63, 3.8) is 0 Å². The summed E-state index contributed by atoms with van der Waals surface area (Å²) < 4.78 is 3.93.